The lowest BCUT2D eigenvalue weighted by Crippen LogP contribution is -2.20. The Morgan fingerprint density at radius 3 is 1.46 bits per heavy atom. The summed E-state index contributed by atoms with van der Waals surface area (Å²) in [6, 6.07) is 2.27. The van der Waals surface area contributed by atoms with E-state index >= 15 is 0 Å². The van der Waals surface area contributed by atoms with Crippen LogP contribution in [0.1, 0.15) is 47.4 Å². The summed E-state index contributed by atoms with van der Waals surface area (Å²) < 4.78 is 11.1. The number of ether oxygens (including phenoxy) is 2. The molecule has 0 aliphatic rings. The van der Waals surface area contributed by atoms with Crippen molar-refractivity contribution >= 4 is 11.9 Å². The molecule has 0 bridgehead atoms. The Hall–Kier alpha value is -2.32. The second kappa shape index (κ2) is 9.09. The Kier molecular flexibility index (Phi) is 7.47. The van der Waals surface area contributed by atoms with Crippen molar-refractivity contribution in [3.63, 3.8) is 0 Å². The van der Waals surface area contributed by atoms with Crippen LogP contribution in [0.3, 0.4) is 0 Å². The first-order chi connectivity index (χ1) is 11.3. The molecule has 1 aromatic rings. The van der Waals surface area contributed by atoms with Crippen LogP contribution in [0.4, 0.5) is 0 Å². The third-order valence-corrected chi connectivity index (χ3v) is 3.28. The SMILES string of the molecule is CC(CCO)Oc1c(C(=O)O)ccc(C(=O)O)c1OC(C)CCO. The highest BCUT2D eigenvalue weighted by Gasteiger charge is 2.26. The smallest absolute Gasteiger partial charge is 0.339 e. The van der Waals surface area contributed by atoms with E-state index in [0.717, 1.165) is 12.1 Å². The summed E-state index contributed by atoms with van der Waals surface area (Å²) in [6.07, 6.45) is -0.621. The van der Waals surface area contributed by atoms with E-state index in [4.69, 9.17) is 19.7 Å². The Balaban J connectivity index is 3.41. The number of aliphatic hydroxyl groups excluding tert-OH is 2. The van der Waals surface area contributed by atoms with Gasteiger partial charge in [0.05, 0.1) is 12.2 Å². The molecule has 0 aliphatic heterocycles. The van der Waals surface area contributed by atoms with E-state index in [1.165, 1.54) is 0 Å². The van der Waals surface area contributed by atoms with Crippen molar-refractivity contribution in [3.05, 3.63) is 23.3 Å². The molecular formula is C16H22O8. The topological polar surface area (TPSA) is 134 Å². The van der Waals surface area contributed by atoms with Crippen LogP contribution in [0.2, 0.25) is 0 Å². The average molecular weight is 342 g/mol. The highest BCUT2D eigenvalue weighted by molar-refractivity contribution is 5.98. The van der Waals surface area contributed by atoms with Crippen LogP contribution in [-0.4, -0.2) is 57.8 Å². The molecule has 0 saturated carbocycles. The van der Waals surface area contributed by atoms with Gasteiger partial charge in [0, 0.05) is 26.1 Å². The fourth-order valence-electron chi connectivity index (χ4n) is 2.02. The van der Waals surface area contributed by atoms with E-state index in [9.17, 15) is 19.8 Å². The number of aromatic carboxylic acids is 2. The molecule has 0 aromatic heterocycles. The van der Waals surface area contributed by atoms with Crippen LogP contribution in [0.15, 0.2) is 12.1 Å². The molecule has 0 radical (unpaired) electrons. The van der Waals surface area contributed by atoms with Crippen LogP contribution in [-0.2, 0) is 0 Å². The van der Waals surface area contributed by atoms with Gasteiger partial charge in [0.25, 0.3) is 0 Å². The molecule has 134 valence electrons. The van der Waals surface area contributed by atoms with Crippen molar-refractivity contribution in [1.29, 1.82) is 0 Å². The predicted octanol–water partition coefficient (Wildman–Crippen LogP) is 1.38. The quantitative estimate of drug-likeness (QED) is 0.501. The predicted molar refractivity (Wildman–Crippen MR) is 83.9 cm³/mol. The van der Waals surface area contributed by atoms with Crippen LogP contribution in [0.25, 0.3) is 0 Å². The summed E-state index contributed by atoms with van der Waals surface area (Å²) >= 11 is 0. The van der Waals surface area contributed by atoms with E-state index < -0.39 is 24.1 Å². The first kappa shape index (κ1) is 19.7. The van der Waals surface area contributed by atoms with Gasteiger partial charge in [0.1, 0.15) is 11.1 Å². The Morgan fingerprint density at radius 2 is 1.21 bits per heavy atom. The van der Waals surface area contributed by atoms with Gasteiger partial charge in [-0.25, -0.2) is 9.59 Å². The van der Waals surface area contributed by atoms with Crippen LogP contribution in [0, 0.1) is 0 Å². The maximum atomic E-state index is 11.4. The number of aliphatic hydroxyl groups is 2. The molecular weight excluding hydrogens is 320 g/mol. The summed E-state index contributed by atoms with van der Waals surface area (Å²) in [5.41, 5.74) is -0.480. The lowest BCUT2D eigenvalue weighted by Gasteiger charge is -2.22. The zero-order valence-electron chi connectivity index (χ0n) is 13.6. The molecule has 8 heteroatoms. The molecule has 0 aliphatic carbocycles. The highest BCUT2D eigenvalue weighted by Crippen LogP contribution is 2.37. The molecule has 0 fully saturated rings. The van der Waals surface area contributed by atoms with Gasteiger partial charge in [-0.05, 0) is 26.0 Å². The second-order valence-electron chi connectivity index (χ2n) is 5.31. The number of hydrogen-bond donors (Lipinski definition) is 4. The van der Waals surface area contributed by atoms with Gasteiger partial charge in [0.15, 0.2) is 11.5 Å². The number of carboxylic acid groups (broad SMARTS) is 2. The minimum Gasteiger partial charge on any atom is -0.486 e. The number of rotatable bonds is 10. The molecule has 0 saturated heterocycles. The minimum absolute atomic E-state index is 0.167. The summed E-state index contributed by atoms with van der Waals surface area (Å²) in [6.45, 7) is 2.91. The minimum atomic E-state index is -1.29. The van der Waals surface area contributed by atoms with Gasteiger partial charge in [-0.2, -0.15) is 0 Å². The fourth-order valence-corrected chi connectivity index (χ4v) is 2.02. The summed E-state index contributed by atoms with van der Waals surface area (Å²) in [4.78, 5) is 22.9. The highest BCUT2D eigenvalue weighted by atomic mass is 16.5. The van der Waals surface area contributed by atoms with E-state index in [0.29, 0.717) is 0 Å². The molecule has 1 rings (SSSR count). The average Bonchev–Trinajstić information content (AvgIpc) is 2.48. The van der Waals surface area contributed by atoms with Crippen LogP contribution >= 0.6 is 0 Å². The van der Waals surface area contributed by atoms with Gasteiger partial charge in [-0.15, -0.1) is 0 Å². The molecule has 4 N–H and O–H groups in total. The number of carbonyl (C=O) groups is 2. The number of benzene rings is 1. The molecule has 0 spiro atoms. The molecule has 0 heterocycles. The maximum absolute atomic E-state index is 11.4. The molecule has 0 amide bonds. The fraction of sp³-hybridized carbons (Fsp3) is 0.500. The van der Waals surface area contributed by atoms with E-state index in [1.807, 2.05) is 0 Å². The molecule has 24 heavy (non-hydrogen) atoms. The van der Waals surface area contributed by atoms with Crippen LogP contribution in [0.5, 0.6) is 11.5 Å². The normalized spacial score (nSPS) is 13.2. The van der Waals surface area contributed by atoms with Crippen molar-refractivity contribution in [2.24, 2.45) is 0 Å². The molecule has 2 unspecified atom stereocenters. The third kappa shape index (κ3) is 5.10. The summed E-state index contributed by atoms with van der Waals surface area (Å²) in [7, 11) is 0. The first-order valence-electron chi connectivity index (χ1n) is 7.50. The van der Waals surface area contributed by atoms with Gasteiger partial charge < -0.3 is 29.9 Å². The number of carboxylic acids is 2. The monoisotopic (exact) mass is 342 g/mol. The van der Waals surface area contributed by atoms with Crippen molar-refractivity contribution in [2.45, 2.75) is 38.9 Å². The second-order valence-corrected chi connectivity index (χ2v) is 5.31. The van der Waals surface area contributed by atoms with E-state index in [1.54, 1.807) is 13.8 Å². The summed E-state index contributed by atoms with van der Waals surface area (Å²) in [5, 5.41) is 36.6. The molecule has 8 nitrogen and oxygen atoms in total. The lowest BCUT2D eigenvalue weighted by molar-refractivity contribution is 0.0660. The zero-order chi connectivity index (χ0) is 18.3. The van der Waals surface area contributed by atoms with Crippen molar-refractivity contribution < 1.29 is 39.5 Å². The molecule has 1 aromatic carbocycles. The van der Waals surface area contributed by atoms with Gasteiger partial charge in [-0.3, -0.25) is 0 Å². The van der Waals surface area contributed by atoms with Crippen molar-refractivity contribution in [2.75, 3.05) is 13.2 Å². The van der Waals surface area contributed by atoms with Gasteiger partial charge in [0.2, 0.25) is 0 Å². The van der Waals surface area contributed by atoms with Crippen molar-refractivity contribution in [3.8, 4) is 11.5 Å². The summed E-state index contributed by atoms with van der Waals surface area (Å²) in [5.74, 6) is -2.99. The third-order valence-electron chi connectivity index (χ3n) is 3.28. The van der Waals surface area contributed by atoms with Crippen LogP contribution < -0.4 is 9.47 Å². The van der Waals surface area contributed by atoms with Gasteiger partial charge in [-0.1, -0.05) is 0 Å². The van der Waals surface area contributed by atoms with E-state index in [-0.39, 0.29) is 48.7 Å². The first-order valence-corrected chi connectivity index (χ1v) is 7.50. The van der Waals surface area contributed by atoms with Gasteiger partial charge >= 0.3 is 11.9 Å². The number of hydrogen-bond acceptors (Lipinski definition) is 6. The zero-order valence-corrected chi connectivity index (χ0v) is 13.6. The Morgan fingerprint density at radius 1 is 0.875 bits per heavy atom. The Labute approximate surface area is 139 Å². The maximum Gasteiger partial charge on any atom is 0.339 e. The lowest BCUT2D eigenvalue weighted by atomic mass is 10.1. The Bertz CT molecular complexity index is 533. The largest absolute Gasteiger partial charge is 0.486 e. The molecule has 2 atom stereocenters. The standard InChI is InChI=1S/C16H22O8/c1-9(5-7-17)23-13-11(15(19)20)3-4-12(16(21)22)14(13)24-10(2)6-8-18/h3-4,9-10,17-18H,5-8H2,1-2H3,(H,19,20)(H,21,22). The van der Waals surface area contributed by atoms with Crippen molar-refractivity contribution in [1.82, 2.24) is 0 Å². The van der Waals surface area contributed by atoms with E-state index in [2.05, 4.69) is 0 Å².